The molecule has 1 aliphatic heterocycles. The summed E-state index contributed by atoms with van der Waals surface area (Å²) in [6.07, 6.45) is 0. The molecule has 3 aromatic rings. The Bertz CT molecular complexity index is 1090. The molecule has 1 aliphatic rings. The molecule has 1 aromatic heterocycles. The number of hydrogen-bond acceptors (Lipinski definition) is 7. The molecule has 0 unspecified atom stereocenters. The minimum absolute atomic E-state index is 0.0318. The maximum Gasteiger partial charge on any atom is 0.288 e. The van der Waals surface area contributed by atoms with E-state index in [0.29, 0.717) is 65.4 Å². The van der Waals surface area contributed by atoms with E-state index < -0.39 is 11.6 Å². The number of anilines is 2. The van der Waals surface area contributed by atoms with Gasteiger partial charge < -0.3 is 15.0 Å². The zero-order valence-corrected chi connectivity index (χ0v) is 18.9. The zero-order valence-electron chi connectivity index (χ0n) is 17.3. The number of amides is 1. The first kappa shape index (κ1) is 23.5. The van der Waals surface area contributed by atoms with Crippen LogP contribution in [-0.4, -0.2) is 58.5 Å². The Morgan fingerprint density at radius 2 is 1.88 bits per heavy atom. The molecule has 2 heterocycles. The van der Waals surface area contributed by atoms with Gasteiger partial charge in [-0.3, -0.25) is 9.36 Å². The molecule has 1 saturated heterocycles. The number of ether oxygens (including phenoxy) is 1. The predicted octanol–water partition coefficient (Wildman–Crippen LogP) is 4.29. The average molecular weight is 496 g/mol. The van der Waals surface area contributed by atoms with Gasteiger partial charge in [-0.15, -0.1) is 10.2 Å². The monoisotopic (exact) mass is 495 g/mol. The number of carbonyl (C=O) groups excluding carboxylic acids is 1. The second-order valence-electron chi connectivity index (χ2n) is 6.94. The summed E-state index contributed by atoms with van der Waals surface area (Å²) in [7, 11) is 0. The molecule has 4 rings (SSSR count). The van der Waals surface area contributed by atoms with E-state index in [1.165, 1.54) is 36.0 Å². The minimum atomic E-state index is -2.50. The number of rotatable bonds is 8. The number of benzene rings is 2. The van der Waals surface area contributed by atoms with Gasteiger partial charge in [-0.2, -0.15) is 8.78 Å². The highest BCUT2D eigenvalue weighted by atomic mass is 32.2. The van der Waals surface area contributed by atoms with Gasteiger partial charge in [0.05, 0.1) is 24.7 Å². The molecule has 12 heteroatoms. The molecule has 2 aromatic carbocycles. The molecule has 0 aliphatic carbocycles. The maximum atomic E-state index is 13.9. The van der Waals surface area contributed by atoms with Crippen LogP contribution in [0.15, 0.2) is 58.6 Å². The van der Waals surface area contributed by atoms with E-state index in [1.54, 1.807) is 28.8 Å². The van der Waals surface area contributed by atoms with E-state index in [-0.39, 0.29) is 11.7 Å². The Hall–Kier alpha value is -2.70. The fourth-order valence-electron chi connectivity index (χ4n) is 3.21. The van der Waals surface area contributed by atoms with Crippen molar-refractivity contribution in [3.63, 3.8) is 0 Å². The van der Waals surface area contributed by atoms with Crippen LogP contribution < -0.4 is 10.2 Å². The molecule has 0 radical (unpaired) electrons. The van der Waals surface area contributed by atoms with Crippen LogP contribution in [0, 0.1) is 5.82 Å². The lowest BCUT2D eigenvalue weighted by atomic mass is 10.3. The molecule has 7 nitrogen and oxygen atoms in total. The van der Waals surface area contributed by atoms with Crippen molar-refractivity contribution in [1.82, 2.24) is 14.8 Å². The summed E-state index contributed by atoms with van der Waals surface area (Å²) in [5, 5.41) is 11.7. The van der Waals surface area contributed by atoms with Crippen LogP contribution in [0.5, 0.6) is 0 Å². The van der Waals surface area contributed by atoms with Crippen molar-refractivity contribution in [2.24, 2.45) is 0 Å². The Kier molecular flexibility index (Phi) is 7.78. The van der Waals surface area contributed by atoms with Crippen molar-refractivity contribution in [2.75, 3.05) is 42.3 Å². The van der Waals surface area contributed by atoms with Crippen molar-refractivity contribution >= 4 is 41.1 Å². The summed E-state index contributed by atoms with van der Waals surface area (Å²) in [6, 6.07) is 12.3. The zero-order chi connectivity index (χ0) is 23.2. The van der Waals surface area contributed by atoms with Crippen LogP contribution in [0.25, 0.3) is 5.69 Å². The molecule has 0 spiro atoms. The number of aromatic nitrogens is 3. The van der Waals surface area contributed by atoms with E-state index in [4.69, 9.17) is 4.74 Å². The van der Waals surface area contributed by atoms with Crippen molar-refractivity contribution in [3.8, 4) is 5.69 Å². The summed E-state index contributed by atoms with van der Waals surface area (Å²) >= 11 is 1.61. The fraction of sp³-hybridized carbons (Fsp3) is 0.286. The van der Waals surface area contributed by atoms with Gasteiger partial charge in [-0.1, -0.05) is 29.6 Å². The Balaban J connectivity index is 1.47. The molecule has 33 heavy (non-hydrogen) atoms. The predicted molar refractivity (Wildman–Crippen MR) is 122 cm³/mol. The lowest BCUT2D eigenvalue weighted by Crippen LogP contribution is -2.37. The van der Waals surface area contributed by atoms with E-state index in [9.17, 15) is 18.0 Å². The third-order valence-corrected chi connectivity index (χ3v) is 6.32. The van der Waals surface area contributed by atoms with Crippen molar-refractivity contribution in [3.05, 3.63) is 54.3 Å². The number of thioether (sulfide) groups is 2. The molecular weight excluding hydrogens is 475 g/mol. The summed E-state index contributed by atoms with van der Waals surface area (Å²) in [4.78, 5) is 14.9. The van der Waals surface area contributed by atoms with Gasteiger partial charge in [0.1, 0.15) is 5.82 Å². The second kappa shape index (κ2) is 10.9. The Labute approximate surface area is 196 Å². The number of hydrogen-bond donors (Lipinski definition) is 1. The Morgan fingerprint density at radius 1 is 1.12 bits per heavy atom. The second-order valence-corrected chi connectivity index (χ2v) is 8.94. The van der Waals surface area contributed by atoms with Crippen LogP contribution in [0.1, 0.15) is 0 Å². The average Bonchev–Trinajstić information content (AvgIpc) is 3.23. The van der Waals surface area contributed by atoms with Crippen molar-refractivity contribution in [2.45, 2.75) is 15.8 Å². The number of morpholine rings is 1. The number of halogens is 3. The van der Waals surface area contributed by atoms with Gasteiger partial charge in [-0.05, 0) is 42.5 Å². The standard InChI is InChI=1S/C21H20F3N5O2S2/c22-14-2-1-3-16(12-14)29-20(28-8-10-31-11-9-28)26-27-21(29)32-13-18(30)25-15-4-6-17(7-5-15)33-19(23)24/h1-7,12,19H,8-11,13H2,(H,25,30). The SMILES string of the molecule is O=C(CSc1nnc(N2CCOCC2)n1-c1cccc(F)c1)Nc1ccc(SC(F)F)cc1. The van der Waals surface area contributed by atoms with Crippen LogP contribution in [0.3, 0.4) is 0 Å². The normalized spacial score (nSPS) is 14.0. The molecule has 1 fully saturated rings. The van der Waals surface area contributed by atoms with Crippen LogP contribution in [0.2, 0.25) is 0 Å². The molecular formula is C21H20F3N5O2S2. The molecule has 1 N–H and O–H groups in total. The van der Waals surface area contributed by atoms with Crippen molar-refractivity contribution in [1.29, 1.82) is 0 Å². The maximum absolute atomic E-state index is 13.9. The number of nitrogens with one attached hydrogen (secondary N) is 1. The van der Waals surface area contributed by atoms with Gasteiger partial charge in [-0.25, -0.2) is 4.39 Å². The third kappa shape index (κ3) is 6.21. The summed E-state index contributed by atoms with van der Waals surface area (Å²) in [5.41, 5.74) is 1.05. The highest BCUT2D eigenvalue weighted by Crippen LogP contribution is 2.28. The third-order valence-electron chi connectivity index (χ3n) is 4.67. The first-order valence-corrected chi connectivity index (χ1v) is 11.9. The van der Waals surface area contributed by atoms with Gasteiger partial charge in [0.25, 0.3) is 5.76 Å². The molecule has 0 atom stereocenters. The molecule has 0 saturated carbocycles. The first-order chi connectivity index (χ1) is 16.0. The highest BCUT2D eigenvalue weighted by molar-refractivity contribution is 8.00. The number of alkyl halides is 2. The fourth-order valence-corrected chi connectivity index (χ4v) is 4.46. The van der Waals surface area contributed by atoms with E-state index in [0.717, 1.165) is 0 Å². The van der Waals surface area contributed by atoms with Crippen LogP contribution >= 0.6 is 23.5 Å². The summed E-state index contributed by atoms with van der Waals surface area (Å²) < 4.78 is 45.9. The number of nitrogens with zero attached hydrogens (tertiary/aromatic N) is 4. The van der Waals surface area contributed by atoms with Gasteiger partial charge in [0.15, 0.2) is 5.16 Å². The topological polar surface area (TPSA) is 72.3 Å². The van der Waals surface area contributed by atoms with E-state index >= 15 is 0 Å². The van der Waals surface area contributed by atoms with Crippen LogP contribution in [-0.2, 0) is 9.53 Å². The van der Waals surface area contributed by atoms with Crippen LogP contribution in [0.4, 0.5) is 24.8 Å². The summed E-state index contributed by atoms with van der Waals surface area (Å²) in [5.74, 6) is -2.60. The summed E-state index contributed by atoms with van der Waals surface area (Å²) in [6.45, 7) is 2.35. The lowest BCUT2D eigenvalue weighted by molar-refractivity contribution is -0.113. The smallest absolute Gasteiger partial charge is 0.288 e. The molecule has 0 bridgehead atoms. The largest absolute Gasteiger partial charge is 0.378 e. The van der Waals surface area contributed by atoms with Gasteiger partial charge in [0.2, 0.25) is 11.9 Å². The number of carbonyl (C=O) groups is 1. The van der Waals surface area contributed by atoms with Crippen molar-refractivity contribution < 1.29 is 22.7 Å². The van der Waals surface area contributed by atoms with E-state index in [1.807, 2.05) is 4.90 Å². The minimum Gasteiger partial charge on any atom is -0.378 e. The van der Waals surface area contributed by atoms with Gasteiger partial charge >= 0.3 is 0 Å². The highest BCUT2D eigenvalue weighted by Gasteiger charge is 2.22. The van der Waals surface area contributed by atoms with E-state index in [2.05, 4.69) is 15.5 Å². The molecule has 1 amide bonds. The first-order valence-electron chi connectivity index (χ1n) is 10.0. The lowest BCUT2D eigenvalue weighted by Gasteiger charge is -2.27. The quantitative estimate of drug-likeness (QED) is 0.468. The molecule has 174 valence electrons. The Morgan fingerprint density at radius 3 is 2.58 bits per heavy atom. The van der Waals surface area contributed by atoms with Gasteiger partial charge in [0, 0.05) is 23.7 Å².